The van der Waals surface area contributed by atoms with Crippen molar-refractivity contribution in [1.29, 1.82) is 0 Å². The van der Waals surface area contributed by atoms with Crippen LogP contribution in [0.25, 0.3) is 10.9 Å². The van der Waals surface area contributed by atoms with Gasteiger partial charge in [0.25, 0.3) is 0 Å². The highest BCUT2D eigenvalue weighted by molar-refractivity contribution is 5.90. The average Bonchev–Trinajstić information content (AvgIpc) is 3.09. The Morgan fingerprint density at radius 1 is 1.29 bits per heavy atom. The number of carbonyl (C=O) groups excluding carboxylic acids is 3. The van der Waals surface area contributed by atoms with E-state index in [0.717, 1.165) is 22.9 Å². The second-order valence-corrected chi connectivity index (χ2v) is 7.81. The summed E-state index contributed by atoms with van der Waals surface area (Å²) in [5.74, 6) is -1.26. The lowest BCUT2D eigenvalue weighted by atomic mass is 9.96. The molecule has 2 atom stereocenters. The van der Waals surface area contributed by atoms with Gasteiger partial charge in [-0.05, 0) is 24.5 Å². The minimum Gasteiger partial charge on any atom is -0.369 e. The highest BCUT2D eigenvalue weighted by atomic mass is 16.2. The van der Waals surface area contributed by atoms with E-state index in [-0.39, 0.29) is 29.6 Å². The molecule has 150 valence electrons. The van der Waals surface area contributed by atoms with Gasteiger partial charge in [-0.1, -0.05) is 32.0 Å². The number of carbonyl (C=O) groups is 3. The molecular weight excluding hydrogens is 356 g/mol. The number of piperidine rings is 1. The van der Waals surface area contributed by atoms with E-state index in [1.54, 1.807) is 18.7 Å². The fraction of sp³-hybridized carbons (Fsp3) is 0.476. The molecule has 3 rings (SSSR count). The van der Waals surface area contributed by atoms with E-state index in [9.17, 15) is 14.4 Å². The predicted molar refractivity (Wildman–Crippen MR) is 107 cm³/mol. The van der Waals surface area contributed by atoms with Gasteiger partial charge in [-0.15, -0.1) is 0 Å². The van der Waals surface area contributed by atoms with Crippen LogP contribution in [0.5, 0.6) is 0 Å². The third-order valence-corrected chi connectivity index (χ3v) is 5.37. The number of hydrogen-bond acceptors (Lipinski definition) is 3. The van der Waals surface area contributed by atoms with Crippen molar-refractivity contribution in [3.63, 3.8) is 0 Å². The van der Waals surface area contributed by atoms with Crippen LogP contribution in [0.2, 0.25) is 0 Å². The summed E-state index contributed by atoms with van der Waals surface area (Å²) in [6, 6.07) is 7.19. The first kappa shape index (κ1) is 19.9. The average molecular weight is 384 g/mol. The zero-order chi connectivity index (χ0) is 20.3. The van der Waals surface area contributed by atoms with Gasteiger partial charge in [-0.25, -0.2) is 0 Å². The zero-order valence-corrected chi connectivity index (χ0v) is 16.4. The van der Waals surface area contributed by atoms with E-state index < -0.39 is 6.04 Å². The number of primary amides is 1. The Morgan fingerprint density at radius 3 is 2.75 bits per heavy atom. The fourth-order valence-electron chi connectivity index (χ4n) is 3.69. The molecule has 1 aromatic heterocycles. The van der Waals surface area contributed by atoms with Crippen LogP contribution in [-0.2, 0) is 20.8 Å². The third kappa shape index (κ3) is 4.35. The molecular formula is C21H28N4O3. The number of benzene rings is 1. The molecule has 7 nitrogen and oxygen atoms in total. The van der Waals surface area contributed by atoms with E-state index >= 15 is 0 Å². The molecule has 0 aliphatic carbocycles. The molecule has 2 unspecified atom stereocenters. The standard InChI is InChI=1S/C21H28N4O3/c1-13(2)20(27)24-18(10-15-11-23-17-8-4-3-7-16(15)17)21(28)25-9-5-6-14(12-25)19(22)26/h3-4,7-8,11,13-14,18,23H,5-6,9-10,12H2,1-2H3,(H2,22,26)(H,24,27). The first-order chi connectivity index (χ1) is 13.4. The van der Waals surface area contributed by atoms with Crippen molar-refractivity contribution in [3.05, 3.63) is 36.0 Å². The second kappa shape index (κ2) is 8.46. The number of nitrogens with zero attached hydrogens (tertiary/aromatic N) is 1. The minimum atomic E-state index is -0.680. The molecule has 2 aromatic rings. The van der Waals surface area contributed by atoms with Crippen LogP contribution in [0.1, 0.15) is 32.3 Å². The number of hydrogen-bond donors (Lipinski definition) is 3. The summed E-state index contributed by atoms with van der Waals surface area (Å²) in [5, 5.41) is 3.94. The molecule has 1 fully saturated rings. The number of aromatic amines is 1. The summed E-state index contributed by atoms with van der Waals surface area (Å²) < 4.78 is 0. The molecule has 1 aliphatic rings. The number of nitrogens with two attached hydrogens (primary N) is 1. The quantitative estimate of drug-likeness (QED) is 0.703. The number of fused-ring (bicyclic) bond motifs is 1. The summed E-state index contributed by atoms with van der Waals surface area (Å²) in [6.45, 7) is 4.49. The van der Waals surface area contributed by atoms with Crippen molar-refractivity contribution in [2.45, 2.75) is 39.2 Å². The van der Waals surface area contributed by atoms with E-state index in [2.05, 4.69) is 10.3 Å². The third-order valence-electron chi connectivity index (χ3n) is 5.37. The zero-order valence-electron chi connectivity index (χ0n) is 16.4. The van der Waals surface area contributed by atoms with Crippen LogP contribution in [-0.4, -0.2) is 46.7 Å². The van der Waals surface area contributed by atoms with Gasteiger partial charge in [0, 0.05) is 42.5 Å². The first-order valence-corrected chi connectivity index (χ1v) is 9.80. The Kier molecular flexibility index (Phi) is 6.02. The lowest BCUT2D eigenvalue weighted by molar-refractivity contribution is -0.139. The van der Waals surface area contributed by atoms with Crippen LogP contribution in [0.3, 0.4) is 0 Å². The maximum atomic E-state index is 13.2. The lowest BCUT2D eigenvalue weighted by Gasteiger charge is -2.34. The second-order valence-electron chi connectivity index (χ2n) is 7.81. The van der Waals surface area contributed by atoms with E-state index in [0.29, 0.717) is 25.9 Å². The van der Waals surface area contributed by atoms with Crippen molar-refractivity contribution in [1.82, 2.24) is 15.2 Å². The predicted octanol–water partition coefficient (Wildman–Crippen LogP) is 1.58. The number of rotatable bonds is 6. The Morgan fingerprint density at radius 2 is 2.04 bits per heavy atom. The van der Waals surface area contributed by atoms with Gasteiger partial charge in [-0.3, -0.25) is 14.4 Å². The maximum absolute atomic E-state index is 13.2. The molecule has 2 heterocycles. The van der Waals surface area contributed by atoms with Gasteiger partial charge in [-0.2, -0.15) is 0 Å². The Labute approximate surface area is 164 Å². The molecule has 1 aliphatic heterocycles. The van der Waals surface area contributed by atoms with E-state index in [4.69, 9.17) is 5.73 Å². The number of likely N-dealkylation sites (tertiary alicyclic amines) is 1. The smallest absolute Gasteiger partial charge is 0.245 e. The van der Waals surface area contributed by atoms with Crippen LogP contribution >= 0.6 is 0 Å². The molecule has 7 heteroatoms. The lowest BCUT2D eigenvalue weighted by Crippen LogP contribution is -2.54. The Hall–Kier alpha value is -2.83. The van der Waals surface area contributed by atoms with Crippen molar-refractivity contribution in [2.75, 3.05) is 13.1 Å². The monoisotopic (exact) mass is 384 g/mol. The molecule has 28 heavy (non-hydrogen) atoms. The topological polar surface area (TPSA) is 108 Å². The van der Waals surface area contributed by atoms with Crippen LogP contribution in [0.4, 0.5) is 0 Å². The SMILES string of the molecule is CC(C)C(=O)NC(Cc1c[nH]c2ccccc12)C(=O)N1CCCC(C(N)=O)C1. The van der Waals surface area contributed by atoms with E-state index in [1.807, 2.05) is 30.5 Å². The normalized spacial score (nSPS) is 18.2. The highest BCUT2D eigenvalue weighted by Gasteiger charge is 2.32. The largest absolute Gasteiger partial charge is 0.369 e. The molecule has 0 radical (unpaired) electrons. The number of para-hydroxylation sites is 1. The number of amides is 3. The van der Waals surface area contributed by atoms with Crippen LogP contribution in [0, 0.1) is 11.8 Å². The Balaban J connectivity index is 1.82. The van der Waals surface area contributed by atoms with Gasteiger partial charge in [0.05, 0.1) is 5.92 Å². The summed E-state index contributed by atoms with van der Waals surface area (Å²) in [5.41, 5.74) is 7.41. The first-order valence-electron chi connectivity index (χ1n) is 9.80. The molecule has 1 aromatic carbocycles. The van der Waals surface area contributed by atoms with Crippen LogP contribution in [0.15, 0.2) is 30.5 Å². The summed E-state index contributed by atoms with van der Waals surface area (Å²) in [6.07, 6.45) is 3.70. The highest BCUT2D eigenvalue weighted by Crippen LogP contribution is 2.22. The van der Waals surface area contributed by atoms with Crippen molar-refractivity contribution >= 4 is 28.6 Å². The number of aromatic nitrogens is 1. The van der Waals surface area contributed by atoms with Crippen molar-refractivity contribution < 1.29 is 14.4 Å². The van der Waals surface area contributed by atoms with Gasteiger partial charge in [0.2, 0.25) is 17.7 Å². The van der Waals surface area contributed by atoms with Crippen molar-refractivity contribution in [2.24, 2.45) is 17.6 Å². The van der Waals surface area contributed by atoms with Crippen molar-refractivity contribution in [3.8, 4) is 0 Å². The Bertz CT molecular complexity index is 873. The number of H-pyrrole nitrogens is 1. The van der Waals surface area contributed by atoms with Gasteiger partial charge >= 0.3 is 0 Å². The van der Waals surface area contributed by atoms with Gasteiger partial charge in [0.1, 0.15) is 6.04 Å². The van der Waals surface area contributed by atoms with Gasteiger partial charge < -0.3 is 20.9 Å². The summed E-state index contributed by atoms with van der Waals surface area (Å²) in [7, 11) is 0. The summed E-state index contributed by atoms with van der Waals surface area (Å²) >= 11 is 0. The summed E-state index contributed by atoms with van der Waals surface area (Å²) in [4.78, 5) is 42.0. The molecule has 0 saturated carbocycles. The molecule has 0 bridgehead atoms. The molecule has 1 saturated heterocycles. The fourth-order valence-corrected chi connectivity index (χ4v) is 3.69. The number of nitrogens with one attached hydrogen (secondary N) is 2. The molecule has 0 spiro atoms. The van der Waals surface area contributed by atoms with Gasteiger partial charge in [0.15, 0.2) is 0 Å². The molecule has 4 N–H and O–H groups in total. The maximum Gasteiger partial charge on any atom is 0.245 e. The van der Waals surface area contributed by atoms with Crippen LogP contribution < -0.4 is 11.1 Å². The molecule has 3 amide bonds. The van der Waals surface area contributed by atoms with E-state index in [1.165, 1.54) is 0 Å². The minimum absolute atomic E-state index is 0.162.